The third-order valence-electron chi connectivity index (χ3n) is 2.52. The largest absolute Gasteiger partial charge is 0.492 e. The minimum absolute atomic E-state index is 0.213. The van der Waals surface area contributed by atoms with Gasteiger partial charge < -0.3 is 9.64 Å². The molecule has 1 fully saturated rings. The van der Waals surface area contributed by atoms with Crippen LogP contribution < -0.4 is 10.1 Å². The predicted molar refractivity (Wildman–Crippen MR) is 61.7 cm³/mol. The van der Waals surface area contributed by atoms with Crippen molar-refractivity contribution in [1.29, 1.82) is 0 Å². The fraction of sp³-hybridized carbons (Fsp3) is 0.333. The van der Waals surface area contributed by atoms with Crippen LogP contribution in [0.3, 0.4) is 0 Å². The van der Waals surface area contributed by atoms with Gasteiger partial charge in [-0.2, -0.15) is 0 Å². The van der Waals surface area contributed by atoms with Crippen LogP contribution >= 0.6 is 0 Å². The number of benzene rings is 1. The Labute approximate surface area is 99.4 Å². The Balaban J connectivity index is 1.75. The summed E-state index contributed by atoms with van der Waals surface area (Å²) in [5.41, 5.74) is 0. The van der Waals surface area contributed by atoms with Crippen molar-refractivity contribution in [3.05, 3.63) is 30.3 Å². The van der Waals surface area contributed by atoms with Gasteiger partial charge in [0, 0.05) is 13.0 Å². The molecule has 0 bridgehead atoms. The first-order valence-corrected chi connectivity index (χ1v) is 5.52. The maximum atomic E-state index is 11.4. The summed E-state index contributed by atoms with van der Waals surface area (Å²) >= 11 is 0. The number of carbonyl (C=O) groups excluding carboxylic acids is 2. The van der Waals surface area contributed by atoms with E-state index in [1.165, 1.54) is 0 Å². The molecule has 17 heavy (non-hydrogen) atoms. The zero-order valence-electron chi connectivity index (χ0n) is 9.39. The van der Waals surface area contributed by atoms with Gasteiger partial charge in [0.05, 0.1) is 6.54 Å². The molecule has 1 saturated heterocycles. The molecule has 1 aliphatic rings. The van der Waals surface area contributed by atoms with Crippen molar-refractivity contribution in [2.45, 2.75) is 6.42 Å². The van der Waals surface area contributed by atoms with E-state index in [0.29, 0.717) is 26.1 Å². The zero-order chi connectivity index (χ0) is 12.1. The number of urea groups is 1. The lowest BCUT2D eigenvalue weighted by Crippen LogP contribution is -2.50. The van der Waals surface area contributed by atoms with Gasteiger partial charge in [-0.25, -0.2) is 4.79 Å². The van der Waals surface area contributed by atoms with Gasteiger partial charge in [0.25, 0.3) is 0 Å². The summed E-state index contributed by atoms with van der Waals surface area (Å²) in [6.45, 7) is 1.36. The Kier molecular flexibility index (Phi) is 3.59. The molecule has 1 aliphatic heterocycles. The molecule has 1 aromatic carbocycles. The standard InChI is InChI=1S/C12H14N2O3/c15-11-6-7-14(12(16)13-11)8-9-17-10-4-2-1-3-5-10/h1-5H,6-9H2,(H,13,15,16). The summed E-state index contributed by atoms with van der Waals surface area (Å²) in [5.74, 6) is 0.566. The van der Waals surface area contributed by atoms with Gasteiger partial charge in [-0.15, -0.1) is 0 Å². The van der Waals surface area contributed by atoms with E-state index in [9.17, 15) is 9.59 Å². The monoisotopic (exact) mass is 234 g/mol. The van der Waals surface area contributed by atoms with Gasteiger partial charge in [-0.1, -0.05) is 18.2 Å². The summed E-state index contributed by atoms with van der Waals surface area (Å²) in [6.07, 6.45) is 0.358. The van der Waals surface area contributed by atoms with Crippen molar-refractivity contribution in [3.8, 4) is 5.75 Å². The molecule has 3 amide bonds. The van der Waals surface area contributed by atoms with E-state index in [1.54, 1.807) is 4.90 Å². The molecule has 0 saturated carbocycles. The number of hydrogen-bond donors (Lipinski definition) is 1. The smallest absolute Gasteiger partial charge is 0.324 e. The van der Waals surface area contributed by atoms with E-state index >= 15 is 0 Å². The predicted octanol–water partition coefficient (Wildman–Crippen LogP) is 1.01. The van der Waals surface area contributed by atoms with Crippen LogP contribution in [-0.2, 0) is 4.79 Å². The number of para-hydroxylation sites is 1. The van der Waals surface area contributed by atoms with Crippen molar-refractivity contribution in [3.63, 3.8) is 0 Å². The first kappa shape index (κ1) is 11.4. The molecule has 2 rings (SSSR count). The fourth-order valence-corrected chi connectivity index (χ4v) is 1.60. The number of hydrogen-bond acceptors (Lipinski definition) is 3. The van der Waals surface area contributed by atoms with Gasteiger partial charge in [-0.3, -0.25) is 10.1 Å². The molecule has 5 nitrogen and oxygen atoms in total. The van der Waals surface area contributed by atoms with Crippen molar-refractivity contribution < 1.29 is 14.3 Å². The number of ether oxygens (including phenoxy) is 1. The minimum Gasteiger partial charge on any atom is -0.492 e. The third-order valence-corrected chi connectivity index (χ3v) is 2.52. The van der Waals surface area contributed by atoms with Crippen LogP contribution in [0, 0.1) is 0 Å². The molecule has 0 aromatic heterocycles. The van der Waals surface area contributed by atoms with Crippen LogP contribution in [0.25, 0.3) is 0 Å². The summed E-state index contributed by atoms with van der Waals surface area (Å²) < 4.78 is 5.48. The Morgan fingerprint density at radius 3 is 2.71 bits per heavy atom. The van der Waals surface area contributed by atoms with Crippen LogP contribution in [0.2, 0.25) is 0 Å². The van der Waals surface area contributed by atoms with Gasteiger partial charge in [0.2, 0.25) is 5.91 Å². The van der Waals surface area contributed by atoms with Gasteiger partial charge in [-0.05, 0) is 12.1 Å². The summed E-state index contributed by atoms with van der Waals surface area (Å²) in [7, 11) is 0. The van der Waals surface area contributed by atoms with E-state index in [2.05, 4.69) is 5.32 Å². The molecule has 90 valence electrons. The molecule has 0 aliphatic carbocycles. The SMILES string of the molecule is O=C1CCN(CCOc2ccccc2)C(=O)N1. The fourth-order valence-electron chi connectivity index (χ4n) is 1.60. The maximum Gasteiger partial charge on any atom is 0.324 e. The first-order valence-electron chi connectivity index (χ1n) is 5.52. The lowest BCUT2D eigenvalue weighted by molar-refractivity contribution is -0.121. The number of rotatable bonds is 4. The average molecular weight is 234 g/mol. The number of nitrogens with one attached hydrogen (secondary N) is 1. The second kappa shape index (κ2) is 5.34. The second-order valence-corrected chi connectivity index (χ2v) is 3.75. The van der Waals surface area contributed by atoms with E-state index in [-0.39, 0.29) is 11.9 Å². The molecule has 1 aromatic rings. The number of nitrogens with zero attached hydrogens (tertiary/aromatic N) is 1. The number of carbonyl (C=O) groups is 2. The highest BCUT2D eigenvalue weighted by Gasteiger charge is 2.22. The topological polar surface area (TPSA) is 58.6 Å². The molecular formula is C12H14N2O3. The van der Waals surface area contributed by atoms with Crippen molar-refractivity contribution in [2.75, 3.05) is 19.7 Å². The van der Waals surface area contributed by atoms with Crippen LogP contribution in [-0.4, -0.2) is 36.5 Å². The van der Waals surface area contributed by atoms with Crippen LogP contribution in [0.1, 0.15) is 6.42 Å². The molecule has 0 unspecified atom stereocenters. The van der Waals surface area contributed by atoms with Crippen molar-refractivity contribution in [2.24, 2.45) is 0 Å². The summed E-state index contributed by atoms with van der Waals surface area (Å²) in [5, 5.41) is 2.27. The van der Waals surface area contributed by atoms with Crippen LogP contribution in [0.5, 0.6) is 5.75 Å². The Morgan fingerprint density at radius 2 is 2.00 bits per heavy atom. The molecular weight excluding hydrogens is 220 g/mol. The molecule has 1 heterocycles. The van der Waals surface area contributed by atoms with Crippen LogP contribution in [0.15, 0.2) is 30.3 Å². The molecule has 0 radical (unpaired) electrons. The lowest BCUT2D eigenvalue weighted by atomic mass is 10.3. The van der Waals surface area contributed by atoms with Gasteiger partial charge in [0.15, 0.2) is 0 Å². The highest BCUT2D eigenvalue weighted by molar-refractivity contribution is 5.96. The van der Waals surface area contributed by atoms with Gasteiger partial charge in [0.1, 0.15) is 12.4 Å². The van der Waals surface area contributed by atoms with E-state index in [0.717, 1.165) is 5.75 Å². The Morgan fingerprint density at radius 1 is 1.24 bits per heavy atom. The Hall–Kier alpha value is -2.04. The molecule has 5 heteroatoms. The second-order valence-electron chi connectivity index (χ2n) is 3.75. The molecule has 0 atom stereocenters. The zero-order valence-corrected chi connectivity index (χ0v) is 9.39. The van der Waals surface area contributed by atoms with Crippen molar-refractivity contribution >= 4 is 11.9 Å². The molecule has 0 spiro atoms. The Bertz CT molecular complexity index is 405. The average Bonchev–Trinajstić information content (AvgIpc) is 2.33. The summed E-state index contributed by atoms with van der Waals surface area (Å²) in [4.78, 5) is 23.9. The highest BCUT2D eigenvalue weighted by atomic mass is 16.5. The normalized spacial score (nSPS) is 15.6. The van der Waals surface area contributed by atoms with Gasteiger partial charge >= 0.3 is 6.03 Å². The minimum atomic E-state index is -0.335. The van der Waals surface area contributed by atoms with Crippen LogP contribution in [0.4, 0.5) is 4.79 Å². The summed E-state index contributed by atoms with van der Waals surface area (Å²) in [6, 6.07) is 9.08. The molecule has 1 N–H and O–H groups in total. The van der Waals surface area contributed by atoms with E-state index < -0.39 is 0 Å². The highest BCUT2D eigenvalue weighted by Crippen LogP contribution is 2.08. The van der Waals surface area contributed by atoms with Crippen molar-refractivity contribution in [1.82, 2.24) is 10.2 Å². The van der Waals surface area contributed by atoms with E-state index in [1.807, 2.05) is 30.3 Å². The third kappa shape index (κ3) is 3.21. The number of imide groups is 1. The number of amides is 3. The van der Waals surface area contributed by atoms with E-state index in [4.69, 9.17) is 4.74 Å². The lowest BCUT2D eigenvalue weighted by Gasteiger charge is -2.26. The first-order chi connectivity index (χ1) is 8.25. The maximum absolute atomic E-state index is 11.4. The quantitative estimate of drug-likeness (QED) is 0.845.